The first-order valence-electron chi connectivity index (χ1n) is 9.54. The summed E-state index contributed by atoms with van der Waals surface area (Å²) in [6.07, 6.45) is 1.93. The van der Waals surface area contributed by atoms with Gasteiger partial charge in [-0.15, -0.1) is 11.3 Å². The summed E-state index contributed by atoms with van der Waals surface area (Å²) in [5, 5.41) is 17.5. The lowest BCUT2D eigenvalue weighted by Crippen LogP contribution is -2.25. The minimum absolute atomic E-state index is 0.0839. The molecule has 1 N–H and O–H groups in total. The molecule has 2 aromatic rings. The molecule has 31 heavy (non-hydrogen) atoms. The number of aromatic nitrogens is 2. The van der Waals surface area contributed by atoms with E-state index in [9.17, 15) is 24.5 Å². The van der Waals surface area contributed by atoms with Crippen LogP contribution in [-0.4, -0.2) is 45.3 Å². The molecular weight excluding hydrogens is 428 g/mol. The topological polar surface area (TPSA) is 143 Å². The van der Waals surface area contributed by atoms with Gasteiger partial charge in [-0.2, -0.15) is 5.10 Å². The maximum absolute atomic E-state index is 12.7. The third kappa shape index (κ3) is 5.87. The minimum atomic E-state index is -0.662. The molecule has 12 heteroatoms. The van der Waals surface area contributed by atoms with Gasteiger partial charge in [0.25, 0.3) is 0 Å². The van der Waals surface area contributed by atoms with Crippen LogP contribution in [0.25, 0.3) is 0 Å². The molecule has 0 aliphatic rings. The molecule has 168 valence electrons. The molecular formula is C19H24N4O7S. The summed E-state index contributed by atoms with van der Waals surface area (Å²) in [6, 6.07) is 0. The van der Waals surface area contributed by atoms with Gasteiger partial charge in [0.1, 0.15) is 22.3 Å². The van der Waals surface area contributed by atoms with Crippen molar-refractivity contribution in [3.8, 4) is 0 Å². The van der Waals surface area contributed by atoms with Crippen molar-refractivity contribution in [3.05, 3.63) is 38.5 Å². The zero-order valence-corrected chi connectivity index (χ0v) is 18.6. The fraction of sp³-hybridized carbons (Fsp3) is 0.474. The first-order valence-corrected chi connectivity index (χ1v) is 10.4. The number of carbonyl (C=O) groups is 3. The second-order valence-corrected chi connectivity index (χ2v) is 8.02. The van der Waals surface area contributed by atoms with Crippen LogP contribution in [0.5, 0.6) is 0 Å². The highest BCUT2D eigenvalue weighted by atomic mass is 32.1. The fourth-order valence-electron chi connectivity index (χ4n) is 2.66. The van der Waals surface area contributed by atoms with Crippen LogP contribution in [0.15, 0.2) is 12.4 Å². The smallest absolute Gasteiger partial charge is 0.348 e. The van der Waals surface area contributed by atoms with Crippen LogP contribution in [0.2, 0.25) is 0 Å². The number of thiophene rings is 1. The number of nitrogens with zero attached hydrogens (tertiary/aromatic N) is 3. The number of nitrogens with one attached hydrogen (secondary N) is 1. The molecule has 0 saturated carbocycles. The normalized spacial score (nSPS) is 11.8. The number of esters is 2. The van der Waals surface area contributed by atoms with Gasteiger partial charge in [-0.05, 0) is 33.3 Å². The number of hydrogen-bond donors (Lipinski definition) is 1. The number of amides is 1. The zero-order chi connectivity index (χ0) is 23.3. The summed E-state index contributed by atoms with van der Waals surface area (Å²) in [5.74, 6) is -2.35. The van der Waals surface area contributed by atoms with Gasteiger partial charge in [-0.25, -0.2) is 9.59 Å². The Kier molecular flexibility index (Phi) is 7.86. The van der Waals surface area contributed by atoms with E-state index in [1.165, 1.54) is 10.9 Å². The van der Waals surface area contributed by atoms with Gasteiger partial charge in [0.05, 0.1) is 35.7 Å². The van der Waals surface area contributed by atoms with Crippen LogP contribution in [0.3, 0.4) is 0 Å². The van der Waals surface area contributed by atoms with Crippen molar-refractivity contribution < 1.29 is 28.8 Å². The fourth-order valence-corrected chi connectivity index (χ4v) is 3.75. The van der Waals surface area contributed by atoms with Gasteiger partial charge >= 0.3 is 17.6 Å². The van der Waals surface area contributed by atoms with Crippen molar-refractivity contribution in [1.82, 2.24) is 9.78 Å². The van der Waals surface area contributed by atoms with Crippen LogP contribution in [-0.2, 0) is 20.8 Å². The van der Waals surface area contributed by atoms with E-state index in [2.05, 4.69) is 10.4 Å². The van der Waals surface area contributed by atoms with Gasteiger partial charge in [0.15, 0.2) is 0 Å². The van der Waals surface area contributed by atoms with E-state index >= 15 is 0 Å². The van der Waals surface area contributed by atoms with Gasteiger partial charge in [-0.1, -0.05) is 6.92 Å². The van der Waals surface area contributed by atoms with Crippen LogP contribution in [0.4, 0.5) is 10.7 Å². The summed E-state index contributed by atoms with van der Waals surface area (Å²) in [6.45, 7) is 8.49. The SMILES string of the molecule is CCOC(=O)c1sc(NC(=O)C(C)Cn2cc([N+](=O)[O-])cn2)c(C(=O)OC(C)C)c1C. The van der Waals surface area contributed by atoms with Crippen LogP contribution < -0.4 is 5.32 Å². The number of nitro groups is 1. The van der Waals surface area contributed by atoms with E-state index < -0.39 is 34.8 Å². The molecule has 1 unspecified atom stereocenters. The Balaban J connectivity index is 2.26. The van der Waals surface area contributed by atoms with Crippen LogP contribution in [0, 0.1) is 23.0 Å². The first-order chi connectivity index (χ1) is 14.5. The highest BCUT2D eigenvalue weighted by molar-refractivity contribution is 7.18. The van der Waals surface area contributed by atoms with E-state index in [0.717, 1.165) is 17.5 Å². The maximum Gasteiger partial charge on any atom is 0.348 e. The van der Waals surface area contributed by atoms with E-state index in [4.69, 9.17) is 9.47 Å². The van der Waals surface area contributed by atoms with E-state index in [0.29, 0.717) is 5.56 Å². The molecule has 0 aliphatic carbocycles. The molecule has 0 bridgehead atoms. The van der Waals surface area contributed by atoms with Gasteiger partial charge < -0.3 is 14.8 Å². The Morgan fingerprint density at radius 2 is 1.97 bits per heavy atom. The predicted octanol–water partition coefficient (Wildman–Crippen LogP) is 3.18. The molecule has 1 atom stereocenters. The van der Waals surface area contributed by atoms with E-state index in [-0.39, 0.29) is 34.3 Å². The van der Waals surface area contributed by atoms with Gasteiger partial charge in [0.2, 0.25) is 5.91 Å². The third-order valence-corrected chi connectivity index (χ3v) is 5.32. The molecule has 0 saturated heterocycles. The van der Waals surface area contributed by atoms with Crippen LogP contribution >= 0.6 is 11.3 Å². The highest BCUT2D eigenvalue weighted by Gasteiger charge is 2.29. The number of rotatable bonds is 9. The second-order valence-electron chi connectivity index (χ2n) is 7.00. The first kappa shape index (κ1) is 24.0. The predicted molar refractivity (Wildman–Crippen MR) is 112 cm³/mol. The average molecular weight is 452 g/mol. The molecule has 11 nitrogen and oxygen atoms in total. The quantitative estimate of drug-likeness (QED) is 0.347. The van der Waals surface area contributed by atoms with Gasteiger partial charge in [-0.3, -0.25) is 19.6 Å². The second kappa shape index (κ2) is 10.2. The average Bonchev–Trinajstić information content (AvgIpc) is 3.26. The number of ether oxygens (including phenoxy) is 2. The Morgan fingerprint density at radius 1 is 1.29 bits per heavy atom. The third-order valence-electron chi connectivity index (χ3n) is 4.13. The Labute approximate surface area is 182 Å². The molecule has 0 spiro atoms. The Hall–Kier alpha value is -3.28. The van der Waals surface area contributed by atoms with Crippen molar-refractivity contribution in [2.75, 3.05) is 11.9 Å². The molecule has 1 amide bonds. The Morgan fingerprint density at radius 3 is 2.52 bits per heavy atom. The molecule has 0 radical (unpaired) electrons. The minimum Gasteiger partial charge on any atom is -0.462 e. The molecule has 2 aromatic heterocycles. The number of anilines is 1. The zero-order valence-electron chi connectivity index (χ0n) is 17.8. The summed E-state index contributed by atoms with van der Waals surface area (Å²) in [5.41, 5.74) is 0.274. The van der Waals surface area contributed by atoms with Crippen molar-refractivity contribution in [1.29, 1.82) is 0 Å². The highest BCUT2D eigenvalue weighted by Crippen LogP contribution is 2.35. The molecule has 0 aromatic carbocycles. The number of hydrogen-bond acceptors (Lipinski definition) is 9. The lowest BCUT2D eigenvalue weighted by molar-refractivity contribution is -0.385. The van der Waals surface area contributed by atoms with E-state index in [1.54, 1.807) is 34.6 Å². The van der Waals surface area contributed by atoms with Crippen molar-refractivity contribution in [2.24, 2.45) is 5.92 Å². The molecule has 2 rings (SSSR count). The number of carbonyl (C=O) groups excluding carboxylic acids is 3. The van der Waals surface area contributed by atoms with E-state index in [1.807, 2.05) is 0 Å². The van der Waals surface area contributed by atoms with Crippen LogP contribution in [0.1, 0.15) is 53.3 Å². The van der Waals surface area contributed by atoms with Crippen molar-refractivity contribution in [2.45, 2.75) is 47.3 Å². The molecule has 0 fully saturated rings. The summed E-state index contributed by atoms with van der Waals surface area (Å²) >= 11 is 0.931. The van der Waals surface area contributed by atoms with Crippen molar-refractivity contribution >= 4 is 39.9 Å². The van der Waals surface area contributed by atoms with Gasteiger partial charge in [0, 0.05) is 0 Å². The maximum atomic E-state index is 12.7. The van der Waals surface area contributed by atoms with Crippen molar-refractivity contribution in [3.63, 3.8) is 0 Å². The standard InChI is InChI=1S/C19H24N4O7S/c1-6-29-19(26)15-12(5)14(18(25)30-10(2)3)17(31-15)21-16(24)11(4)8-22-9-13(7-20-22)23(27)28/h7,9-11H,6,8H2,1-5H3,(H,21,24). The molecule has 2 heterocycles. The lowest BCUT2D eigenvalue weighted by Gasteiger charge is -2.13. The lowest BCUT2D eigenvalue weighted by atomic mass is 10.1. The molecule has 0 aliphatic heterocycles. The monoisotopic (exact) mass is 452 g/mol. The summed E-state index contributed by atoms with van der Waals surface area (Å²) < 4.78 is 11.6. The largest absolute Gasteiger partial charge is 0.462 e. The summed E-state index contributed by atoms with van der Waals surface area (Å²) in [4.78, 5) is 48.0. The summed E-state index contributed by atoms with van der Waals surface area (Å²) in [7, 11) is 0. The Bertz CT molecular complexity index is 996.